The van der Waals surface area contributed by atoms with Crippen LogP contribution in [0.25, 0.3) is 0 Å². The molecular weight excluding hydrogens is 462 g/mol. The van der Waals surface area contributed by atoms with E-state index in [1.165, 1.54) is 11.8 Å². The number of carbonyl (C=O) groups is 1. The molecule has 0 heterocycles. The molecule has 4 rings (SSSR count). The van der Waals surface area contributed by atoms with Crippen LogP contribution in [0.3, 0.4) is 0 Å². The van der Waals surface area contributed by atoms with Crippen LogP contribution in [0.2, 0.25) is 0 Å². The fraction of sp³-hybridized carbons (Fsp3) is 0.179. The van der Waals surface area contributed by atoms with Crippen molar-refractivity contribution in [3.05, 3.63) is 124 Å². The summed E-state index contributed by atoms with van der Waals surface area (Å²) in [6.45, 7) is 1.21. The van der Waals surface area contributed by atoms with Gasteiger partial charge in [-0.05, 0) is 100 Å². The first-order valence-electron chi connectivity index (χ1n) is 10.9. The van der Waals surface area contributed by atoms with Gasteiger partial charge in [0.1, 0.15) is 11.5 Å². The maximum absolute atomic E-state index is 9.24. The molecule has 0 spiro atoms. The Labute approximate surface area is 220 Å². The van der Waals surface area contributed by atoms with Gasteiger partial charge in [0.15, 0.2) is 0 Å². The summed E-state index contributed by atoms with van der Waals surface area (Å²) in [6, 6.07) is 19.8. The molecule has 34 heavy (non-hydrogen) atoms. The zero-order chi connectivity index (χ0) is 23.6. The number of ether oxygens (including phenoxy) is 2. The van der Waals surface area contributed by atoms with Gasteiger partial charge in [-0.15, -0.1) is 0 Å². The first kappa shape index (κ1) is 30.2. The Bertz CT molecular complexity index is 675. The van der Waals surface area contributed by atoms with E-state index in [1.54, 1.807) is 0 Å². The average molecular weight is 493 g/mol. The molecule has 10 radical (unpaired) electrons. The second kappa shape index (κ2) is 19.5. The van der Waals surface area contributed by atoms with Gasteiger partial charge < -0.3 is 20.3 Å². The van der Waals surface area contributed by atoms with Gasteiger partial charge in [-0.25, -0.2) is 0 Å². The third-order valence-corrected chi connectivity index (χ3v) is 4.44. The van der Waals surface area contributed by atoms with Crippen LogP contribution >= 0.6 is 0 Å². The van der Waals surface area contributed by atoms with Gasteiger partial charge in [0, 0.05) is 0 Å². The summed E-state index contributed by atoms with van der Waals surface area (Å²) in [5.74, 6) is 3.59. The van der Waals surface area contributed by atoms with E-state index >= 15 is 0 Å². The fourth-order valence-corrected chi connectivity index (χ4v) is 2.77. The van der Waals surface area contributed by atoms with E-state index in [4.69, 9.17) is 14.6 Å². The number of carboxylic acids is 1. The molecule has 6 heteroatoms. The molecule has 2 saturated carbocycles. The van der Waals surface area contributed by atoms with Crippen molar-refractivity contribution in [2.45, 2.75) is 12.8 Å². The van der Waals surface area contributed by atoms with Gasteiger partial charge in [0.25, 0.3) is 0 Å². The van der Waals surface area contributed by atoms with E-state index in [9.17, 15) is 4.79 Å². The summed E-state index contributed by atoms with van der Waals surface area (Å²) in [5, 5.41) is 7.60. The maximum atomic E-state index is 9.24. The second-order valence-corrected chi connectivity index (χ2v) is 7.01. The molecule has 0 unspecified atom stereocenters. The molecule has 0 bridgehead atoms. The van der Waals surface area contributed by atoms with Crippen LogP contribution in [0.15, 0.2) is 60.7 Å². The monoisotopic (exact) mass is 493 g/mol. The van der Waals surface area contributed by atoms with Crippen molar-refractivity contribution < 1.29 is 41.1 Å². The molecule has 0 saturated heterocycles. The van der Waals surface area contributed by atoms with Crippen molar-refractivity contribution in [1.29, 1.82) is 0 Å². The smallest absolute Gasteiger partial charge is 0.494 e. The van der Waals surface area contributed by atoms with Crippen LogP contribution in [-0.4, -0.2) is 30.8 Å². The summed E-state index contributed by atoms with van der Waals surface area (Å²) in [4.78, 5) is 9.24. The third-order valence-electron chi connectivity index (χ3n) is 4.44. The SMILES string of the molecule is NCC(=O)O.[CH]1[CH][CH][C](CCOc2ccccc2)[CH]1.[CH]1[CH][CH][C](CCOc2ccccc2)[CH]1.[Ti+4]. The molecule has 2 aromatic rings. The van der Waals surface area contributed by atoms with Crippen molar-refractivity contribution >= 4 is 5.97 Å². The normalized spacial score (nSPS) is 15.2. The predicted molar refractivity (Wildman–Crippen MR) is 131 cm³/mol. The first-order chi connectivity index (χ1) is 16.2. The first-order valence-corrected chi connectivity index (χ1v) is 10.9. The minimum absolute atomic E-state index is 0. The van der Waals surface area contributed by atoms with Crippen LogP contribution in [0.5, 0.6) is 11.5 Å². The molecule has 0 atom stereocenters. The van der Waals surface area contributed by atoms with Crippen molar-refractivity contribution in [3.8, 4) is 11.5 Å². The Kier molecular flexibility index (Phi) is 17.3. The molecule has 0 aromatic heterocycles. The Hall–Kier alpha value is -1.82. The number of hydrogen-bond acceptors (Lipinski definition) is 4. The third kappa shape index (κ3) is 14.4. The molecule has 0 aliphatic heterocycles. The van der Waals surface area contributed by atoms with Gasteiger partial charge in [0.05, 0.1) is 19.8 Å². The number of nitrogens with two attached hydrogens (primary N) is 1. The summed E-state index contributed by atoms with van der Waals surface area (Å²) in [6.07, 6.45) is 18.6. The Morgan fingerprint density at radius 1 is 0.676 bits per heavy atom. The summed E-state index contributed by atoms with van der Waals surface area (Å²) in [5.41, 5.74) is 4.57. The summed E-state index contributed by atoms with van der Waals surface area (Å²) >= 11 is 0. The minimum Gasteiger partial charge on any atom is -0.494 e. The van der Waals surface area contributed by atoms with E-state index < -0.39 is 5.97 Å². The number of carboxylic acid groups (broad SMARTS) is 1. The van der Waals surface area contributed by atoms with Crippen molar-refractivity contribution in [3.63, 3.8) is 0 Å². The summed E-state index contributed by atoms with van der Waals surface area (Å²) < 4.78 is 11.2. The number of hydrogen-bond donors (Lipinski definition) is 2. The maximum Gasteiger partial charge on any atom is 4.00 e. The molecule has 2 aromatic carbocycles. The molecular formula is C28H31NO4Ti+4. The van der Waals surface area contributed by atoms with Crippen LogP contribution in [0.1, 0.15) is 12.8 Å². The number of rotatable bonds is 9. The van der Waals surface area contributed by atoms with Crippen LogP contribution in [0, 0.1) is 63.2 Å². The number of aliphatic carboxylic acids is 1. The van der Waals surface area contributed by atoms with Gasteiger partial charge in [0.2, 0.25) is 0 Å². The van der Waals surface area contributed by atoms with E-state index in [2.05, 4.69) is 57.1 Å². The topological polar surface area (TPSA) is 81.8 Å². The van der Waals surface area contributed by atoms with Gasteiger partial charge in [-0.1, -0.05) is 36.4 Å². The average Bonchev–Trinajstić information content (AvgIpc) is 3.56. The van der Waals surface area contributed by atoms with Gasteiger partial charge in [-0.2, -0.15) is 0 Å². The van der Waals surface area contributed by atoms with Crippen LogP contribution < -0.4 is 15.2 Å². The molecule has 3 N–H and O–H groups in total. The zero-order valence-electron chi connectivity index (χ0n) is 19.2. The molecule has 2 fully saturated rings. The van der Waals surface area contributed by atoms with Crippen LogP contribution in [-0.2, 0) is 26.5 Å². The van der Waals surface area contributed by atoms with E-state index in [1.807, 2.05) is 60.7 Å². The Balaban J connectivity index is 0.000000278. The molecule has 0 amide bonds. The quantitative estimate of drug-likeness (QED) is 0.493. The largest absolute Gasteiger partial charge is 4.00 e. The van der Waals surface area contributed by atoms with Gasteiger partial charge >= 0.3 is 27.7 Å². The molecule has 5 nitrogen and oxygen atoms in total. The predicted octanol–water partition coefficient (Wildman–Crippen LogP) is 4.75. The van der Waals surface area contributed by atoms with Crippen molar-refractivity contribution in [1.82, 2.24) is 0 Å². The number of benzene rings is 2. The molecule has 172 valence electrons. The summed E-state index contributed by atoms with van der Waals surface area (Å²) in [7, 11) is 0. The van der Waals surface area contributed by atoms with Crippen molar-refractivity contribution in [2.75, 3.05) is 19.8 Å². The molecule has 2 aliphatic rings. The molecule has 2 aliphatic carbocycles. The Morgan fingerprint density at radius 3 is 1.29 bits per heavy atom. The van der Waals surface area contributed by atoms with E-state index in [0.29, 0.717) is 0 Å². The van der Waals surface area contributed by atoms with Crippen molar-refractivity contribution in [2.24, 2.45) is 5.73 Å². The van der Waals surface area contributed by atoms with E-state index in [0.717, 1.165) is 37.6 Å². The minimum atomic E-state index is -0.968. The number of para-hydroxylation sites is 2. The van der Waals surface area contributed by atoms with Gasteiger partial charge in [-0.3, -0.25) is 4.79 Å². The zero-order valence-corrected chi connectivity index (χ0v) is 20.7. The fourth-order valence-electron chi connectivity index (χ4n) is 2.77. The second-order valence-electron chi connectivity index (χ2n) is 7.01. The van der Waals surface area contributed by atoms with Crippen LogP contribution in [0.4, 0.5) is 0 Å². The van der Waals surface area contributed by atoms with E-state index in [-0.39, 0.29) is 28.3 Å². The Morgan fingerprint density at radius 2 is 1.00 bits per heavy atom. The standard InChI is InChI=1S/2C13H13O.C2H5NO2.Ti/c2*1-2-8-13(9-3-1)14-11-10-12-6-4-5-7-12;3-1-2(4)5;/h2*1-9H,10-11H2;1,3H2,(H,4,5);/q;;;+4.